The summed E-state index contributed by atoms with van der Waals surface area (Å²) in [6.07, 6.45) is 1.51. The molecule has 0 spiro atoms. The number of halogens is 1. The Morgan fingerprint density at radius 1 is 1.05 bits per heavy atom. The highest BCUT2D eigenvalue weighted by atomic mass is 35.5. The van der Waals surface area contributed by atoms with E-state index in [1.54, 1.807) is 0 Å². The lowest BCUT2D eigenvalue weighted by Crippen LogP contribution is -2.33. The summed E-state index contributed by atoms with van der Waals surface area (Å²) >= 11 is 5.92. The van der Waals surface area contributed by atoms with Crippen molar-refractivity contribution in [1.29, 1.82) is 0 Å². The molecule has 4 aromatic rings. The first kappa shape index (κ1) is 30.7. The summed E-state index contributed by atoms with van der Waals surface area (Å²) < 4.78 is 40.5. The van der Waals surface area contributed by atoms with Gasteiger partial charge in [-0.1, -0.05) is 5.92 Å². The predicted octanol–water partition coefficient (Wildman–Crippen LogP) is 2.58. The summed E-state index contributed by atoms with van der Waals surface area (Å²) in [6, 6.07) is 1.54. The van der Waals surface area contributed by atoms with Crippen LogP contribution in [0.25, 0.3) is 11.0 Å². The number of ether oxygens (including phenoxy) is 4. The molecule has 18 heteroatoms. The highest BCUT2D eigenvalue weighted by molar-refractivity contribution is 6.28. The second-order valence-electron chi connectivity index (χ2n) is 8.74. The van der Waals surface area contributed by atoms with Crippen molar-refractivity contribution < 1.29 is 51.3 Å². The molecule has 43 heavy (non-hydrogen) atoms. The molecule has 4 heterocycles. The van der Waals surface area contributed by atoms with Gasteiger partial charge in [0.2, 0.25) is 5.28 Å². The fourth-order valence-corrected chi connectivity index (χ4v) is 3.94. The molecule has 0 aliphatic carbocycles. The van der Waals surface area contributed by atoms with Crippen LogP contribution in [-0.2, 0) is 32.2 Å². The van der Waals surface area contributed by atoms with Crippen molar-refractivity contribution in [3.05, 3.63) is 61.8 Å². The monoisotopic (exact) mass is 622 g/mol. The Morgan fingerprint density at radius 2 is 1.65 bits per heavy atom. The molecule has 0 aliphatic rings. The van der Waals surface area contributed by atoms with E-state index in [4.69, 9.17) is 56.0 Å². The molecule has 0 aliphatic heterocycles. The summed E-state index contributed by atoms with van der Waals surface area (Å²) in [5, 5.41) is 11.3. The minimum absolute atomic E-state index is 0.0327. The highest BCUT2D eigenvalue weighted by Crippen LogP contribution is 2.27. The van der Waals surface area contributed by atoms with E-state index in [0.29, 0.717) is 5.39 Å². The van der Waals surface area contributed by atoms with Crippen molar-refractivity contribution in [1.82, 2.24) is 14.5 Å². The Bertz CT molecular complexity index is 1780. The van der Waals surface area contributed by atoms with E-state index in [9.17, 15) is 24.3 Å². The Balaban J connectivity index is 1.47. The maximum Gasteiger partial charge on any atom is 0.519 e. The number of hydrogen-bond acceptors (Lipinski definition) is 16. The van der Waals surface area contributed by atoms with Gasteiger partial charge in [0.05, 0.1) is 11.3 Å². The molecule has 0 amide bonds. The van der Waals surface area contributed by atoms with Crippen LogP contribution in [0, 0.1) is 32.1 Å². The minimum atomic E-state index is -1.43. The molecule has 228 valence electrons. The standard InChI is InChI=1S/C25H23ClN4O13/c1-4-13(8-36-22(32)37-9-16-11(2)39-24(34)42-16)15(41-23(33)38-10-17-12(3)40-25(35)43-17)7-18(31)30-6-5-14-19(27)28-21(26)29-20(14)30/h1,5-6,13,15,18,31H,7-10H2,2-3H3,(H2,27,28,29)/t13-,15-,18+/m0/s1. The second kappa shape index (κ2) is 13.2. The number of carbonyl (C=O) groups is 2. The third kappa shape index (κ3) is 7.55. The topological polar surface area (TPSA) is 235 Å². The van der Waals surface area contributed by atoms with Gasteiger partial charge in [-0.15, -0.1) is 6.42 Å². The Hall–Kier alpha value is -5.21. The van der Waals surface area contributed by atoms with Crippen LogP contribution in [-0.4, -0.2) is 44.7 Å². The minimum Gasteiger partial charge on any atom is -0.433 e. The summed E-state index contributed by atoms with van der Waals surface area (Å²) in [5.74, 6) is -0.609. The van der Waals surface area contributed by atoms with Gasteiger partial charge in [0.15, 0.2) is 36.3 Å². The summed E-state index contributed by atoms with van der Waals surface area (Å²) in [5.41, 5.74) is 6.05. The van der Waals surface area contributed by atoms with Gasteiger partial charge in [-0.05, 0) is 31.5 Å². The zero-order valence-electron chi connectivity index (χ0n) is 22.4. The van der Waals surface area contributed by atoms with Crippen LogP contribution in [0.1, 0.15) is 35.7 Å². The number of terminal acetylenes is 1. The maximum atomic E-state index is 12.6. The fraction of sp³-hybridized carbons (Fsp3) is 0.360. The van der Waals surface area contributed by atoms with Gasteiger partial charge in [-0.3, -0.25) is 0 Å². The van der Waals surface area contributed by atoms with E-state index in [0.717, 1.165) is 0 Å². The van der Waals surface area contributed by atoms with E-state index in [1.807, 2.05) is 0 Å². The molecule has 0 fully saturated rings. The molecule has 0 radical (unpaired) electrons. The molecule has 0 saturated heterocycles. The van der Waals surface area contributed by atoms with Gasteiger partial charge in [0.1, 0.15) is 30.4 Å². The van der Waals surface area contributed by atoms with Gasteiger partial charge in [-0.2, -0.15) is 4.98 Å². The van der Waals surface area contributed by atoms with Gasteiger partial charge < -0.3 is 52.0 Å². The first-order chi connectivity index (χ1) is 20.4. The summed E-state index contributed by atoms with van der Waals surface area (Å²) in [7, 11) is 0. The molecule has 0 bridgehead atoms. The molecule has 3 N–H and O–H groups in total. The van der Waals surface area contributed by atoms with E-state index in [2.05, 4.69) is 20.3 Å². The number of nitrogens with zero attached hydrogens (tertiary/aromatic N) is 3. The average molecular weight is 623 g/mol. The van der Waals surface area contributed by atoms with E-state index >= 15 is 0 Å². The lowest BCUT2D eigenvalue weighted by atomic mass is 10.0. The normalized spacial score (nSPS) is 13.2. The number of hydrogen-bond donors (Lipinski definition) is 2. The maximum absolute atomic E-state index is 12.6. The molecule has 0 unspecified atom stereocenters. The van der Waals surface area contributed by atoms with Gasteiger partial charge >= 0.3 is 24.0 Å². The van der Waals surface area contributed by atoms with Crippen LogP contribution in [0.2, 0.25) is 5.28 Å². The van der Waals surface area contributed by atoms with Gasteiger partial charge in [0, 0.05) is 12.6 Å². The number of rotatable bonds is 11. The molecule has 17 nitrogen and oxygen atoms in total. The van der Waals surface area contributed by atoms with Crippen LogP contribution in [0.15, 0.2) is 39.5 Å². The number of aromatic nitrogens is 3. The fourth-order valence-electron chi connectivity index (χ4n) is 3.77. The van der Waals surface area contributed by atoms with Gasteiger partial charge in [0.25, 0.3) is 0 Å². The SMILES string of the molecule is C#C[C@@H](COC(=O)OCc1oc(=O)oc1C)[C@H](C[C@@H](O)n1ccc2c(N)nc(Cl)nc21)OC(=O)OCc1oc(=O)oc1C. The van der Waals surface area contributed by atoms with Crippen LogP contribution >= 0.6 is 11.6 Å². The van der Waals surface area contributed by atoms with Gasteiger partial charge in [-0.25, -0.2) is 24.2 Å². The Labute approximate surface area is 245 Å². The molecule has 3 atom stereocenters. The molecular weight excluding hydrogens is 600 g/mol. The smallest absolute Gasteiger partial charge is 0.433 e. The van der Waals surface area contributed by atoms with Crippen molar-refractivity contribution in [2.45, 2.75) is 45.8 Å². The number of aliphatic hydroxyl groups is 1. The Kier molecular flexibility index (Phi) is 9.42. The summed E-state index contributed by atoms with van der Waals surface area (Å²) in [4.78, 5) is 55.1. The first-order valence-electron chi connectivity index (χ1n) is 12.2. The molecule has 0 saturated carbocycles. The van der Waals surface area contributed by atoms with E-state index < -0.39 is 62.0 Å². The van der Waals surface area contributed by atoms with Crippen LogP contribution < -0.4 is 17.4 Å². The lowest BCUT2D eigenvalue weighted by Gasteiger charge is -2.25. The van der Waals surface area contributed by atoms with Crippen molar-refractivity contribution in [3.8, 4) is 12.3 Å². The van der Waals surface area contributed by atoms with Crippen molar-refractivity contribution >= 4 is 40.8 Å². The highest BCUT2D eigenvalue weighted by Gasteiger charge is 2.31. The number of aliphatic hydroxyl groups excluding tert-OH is 1. The number of fused-ring (bicyclic) bond motifs is 1. The van der Waals surface area contributed by atoms with Crippen molar-refractivity contribution in [2.75, 3.05) is 12.3 Å². The quantitative estimate of drug-likeness (QED) is 0.139. The van der Waals surface area contributed by atoms with E-state index in [1.165, 1.54) is 30.7 Å². The van der Waals surface area contributed by atoms with Crippen LogP contribution in [0.3, 0.4) is 0 Å². The largest absolute Gasteiger partial charge is 0.519 e. The number of aryl methyl sites for hydroxylation is 2. The lowest BCUT2D eigenvalue weighted by molar-refractivity contribution is -0.0391. The van der Waals surface area contributed by atoms with Crippen molar-refractivity contribution in [2.24, 2.45) is 5.92 Å². The molecule has 4 rings (SSSR count). The first-order valence-corrected chi connectivity index (χ1v) is 12.6. The second-order valence-corrected chi connectivity index (χ2v) is 9.08. The predicted molar refractivity (Wildman–Crippen MR) is 140 cm³/mol. The molecule has 0 aromatic carbocycles. The number of nitrogen functional groups attached to an aromatic ring is 1. The zero-order chi connectivity index (χ0) is 31.3. The van der Waals surface area contributed by atoms with Crippen LogP contribution in [0.5, 0.6) is 0 Å². The third-order valence-electron chi connectivity index (χ3n) is 5.94. The number of carbonyl (C=O) groups excluding carboxylic acids is 2. The van der Waals surface area contributed by atoms with Crippen molar-refractivity contribution in [3.63, 3.8) is 0 Å². The third-order valence-corrected chi connectivity index (χ3v) is 6.11. The molecular formula is C25H23ClN4O13. The molecule has 4 aromatic heterocycles. The Morgan fingerprint density at radius 3 is 2.21 bits per heavy atom. The van der Waals surface area contributed by atoms with Crippen LogP contribution in [0.4, 0.5) is 15.4 Å². The number of anilines is 1. The average Bonchev–Trinajstić information content (AvgIpc) is 3.61. The summed E-state index contributed by atoms with van der Waals surface area (Å²) in [6.45, 7) is 1.32. The zero-order valence-corrected chi connectivity index (χ0v) is 23.2. The van der Waals surface area contributed by atoms with E-state index in [-0.39, 0.29) is 46.2 Å². The number of nitrogens with two attached hydrogens (primary N) is 1.